The van der Waals surface area contributed by atoms with Crippen molar-refractivity contribution < 1.29 is 8.42 Å². The van der Waals surface area contributed by atoms with Crippen LogP contribution in [-0.4, -0.2) is 15.5 Å². The normalized spacial score (nSPS) is 11.3. The van der Waals surface area contributed by atoms with Gasteiger partial charge in [-0.05, 0) is 43.2 Å². The van der Waals surface area contributed by atoms with E-state index < -0.39 is 10.0 Å². The lowest BCUT2D eigenvalue weighted by Crippen LogP contribution is -2.27. The maximum atomic E-state index is 13.0. The van der Waals surface area contributed by atoms with Crippen LogP contribution >= 0.6 is 0 Å². The monoisotopic (exact) mass is 351 g/mol. The Bertz CT molecular complexity index is 992. The molecule has 3 rings (SSSR count). The van der Waals surface area contributed by atoms with Crippen molar-refractivity contribution >= 4 is 15.7 Å². The summed E-state index contributed by atoms with van der Waals surface area (Å²) in [5.74, 6) is 0. The third-order valence-corrected chi connectivity index (χ3v) is 6.14. The van der Waals surface area contributed by atoms with E-state index in [9.17, 15) is 8.42 Å². The Morgan fingerprint density at radius 2 is 1.28 bits per heavy atom. The van der Waals surface area contributed by atoms with Crippen LogP contribution in [0.15, 0.2) is 77.7 Å². The number of aryl methyl sites for hydroxylation is 2. The van der Waals surface area contributed by atoms with E-state index in [2.05, 4.69) is 0 Å². The molecular formula is C21H21NO2S. The lowest BCUT2D eigenvalue weighted by molar-refractivity contribution is 0.594. The Labute approximate surface area is 149 Å². The maximum absolute atomic E-state index is 13.0. The predicted molar refractivity (Wildman–Crippen MR) is 103 cm³/mol. The average Bonchev–Trinajstić information content (AvgIpc) is 2.62. The highest BCUT2D eigenvalue weighted by atomic mass is 32.2. The van der Waals surface area contributed by atoms with E-state index in [1.165, 1.54) is 4.31 Å². The first-order chi connectivity index (χ1) is 11.9. The third-order valence-electron chi connectivity index (χ3n) is 4.36. The van der Waals surface area contributed by atoms with Gasteiger partial charge in [-0.25, -0.2) is 8.42 Å². The quantitative estimate of drug-likeness (QED) is 0.677. The zero-order valence-corrected chi connectivity index (χ0v) is 15.4. The largest absolute Gasteiger partial charge is 0.269 e. The fourth-order valence-electron chi connectivity index (χ4n) is 2.85. The molecule has 0 aliphatic carbocycles. The topological polar surface area (TPSA) is 37.4 Å². The number of hydrogen-bond donors (Lipinski definition) is 0. The molecule has 0 amide bonds. The van der Waals surface area contributed by atoms with Crippen molar-refractivity contribution in [2.75, 3.05) is 11.4 Å². The van der Waals surface area contributed by atoms with Crippen LogP contribution in [0.25, 0.3) is 11.1 Å². The van der Waals surface area contributed by atoms with Gasteiger partial charge in [-0.2, -0.15) is 0 Å². The maximum Gasteiger partial charge on any atom is 0.264 e. The molecule has 3 aromatic rings. The summed E-state index contributed by atoms with van der Waals surface area (Å²) in [7, 11) is -2.02. The first kappa shape index (κ1) is 17.2. The van der Waals surface area contributed by atoms with E-state index in [0.717, 1.165) is 22.3 Å². The SMILES string of the molecule is Cc1ccc(S(=O)(=O)N(C)c2ccccc2-c2ccccc2C)cc1. The highest BCUT2D eigenvalue weighted by molar-refractivity contribution is 7.92. The molecule has 25 heavy (non-hydrogen) atoms. The van der Waals surface area contributed by atoms with E-state index in [4.69, 9.17) is 0 Å². The second-order valence-corrected chi connectivity index (χ2v) is 8.09. The van der Waals surface area contributed by atoms with Crippen LogP contribution in [0.4, 0.5) is 5.69 Å². The van der Waals surface area contributed by atoms with Crippen LogP contribution in [0.2, 0.25) is 0 Å². The number of hydrogen-bond acceptors (Lipinski definition) is 2. The molecule has 128 valence electrons. The zero-order valence-electron chi connectivity index (χ0n) is 14.6. The van der Waals surface area contributed by atoms with Gasteiger partial charge in [0.05, 0.1) is 10.6 Å². The second-order valence-electron chi connectivity index (χ2n) is 6.12. The average molecular weight is 351 g/mol. The Morgan fingerprint density at radius 1 is 0.720 bits per heavy atom. The molecule has 0 aliphatic heterocycles. The number of anilines is 1. The van der Waals surface area contributed by atoms with Gasteiger partial charge in [-0.15, -0.1) is 0 Å². The summed E-state index contributed by atoms with van der Waals surface area (Å²) in [5, 5.41) is 0. The molecule has 0 unspecified atom stereocenters. The molecular weight excluding hydrogens is 330 g/mol. The van der Waals surface area contributed by atoms with Gasteiger partial charge < -0.3 is 0 Å². The summed E-state index contributed by atoms with van der Waals surface area (Å²) in [4.78, 5) is 0.292. The molecule has 0 bridgehead atoms. The van der Waals surface area contributed by atoms with E-state index >= 15 is 0 Å². The predicted octanol–water partition coefficient (Wildman–Crippen LogP) is 4.80. The number of sulfonamides is 1. The van der Waals surface area contributed by atoms with Crippen LogP contribution in [0.1, 0.15) is 11.1 Å². The molecule has 0 saturated carbocycles. The number of rotatable bonds is 4. The van der Waals surface area contributed by atoms with E-state index in [1.54, 1.807) is 19.2 Å². The van der Waals surface area contributed by atoms with Crippen LogP contribution in [0, 0.1) is 13.8 Å². The van der Waals surface area contributed by atoms with Crippen LogP contribution in [0.3, 0.4) is 0 Å². The van der Waals surface area contributed by atoms with Gasteiger partial charge in [0.1, 0.15) is 0 Å². The summed E-state index contributed by atoms with van der Waals surface area (Å²) < 4.78 is 27.4. The van der Waals surface area contributed by atoms with Gasteiger partial charge in [0.25, 0.3) is 10.0 Å². The van der Waals surface area contributed by atoms with E-state index in [1.807, 2.05) is 74.5 Å². The summed E-state index contributed by atoms with van der Waals surface area (Å²) >= 11 is 0. The molecule has 0 N–H and O–H groups in total. The number of para-hydroxylation sites is 1. The molecule has 4 heteroatoms. The van der Waals surface area contributed by atoms with Crippen molar-refractivity contribution in [3.8, 4) is 11.1 Å². The molecule has 0 heterocycles. The standard InChI is InChI=1S/C21H21NO2S/c1-16-12-14-18(15-13-16)25(23,24)22(3)21-11-7-6-10-20(21)19-9-5-4-8-17(19)2/h4-15H,1-3H3. The molecule has 0 saturated heterocycles. The van der Waals surface area contributed by atoms with Gasteiger partial charge in [0.2, 0.25) is 0 Å². The summed E-state index contributed by atoms with van der Waals surface area (Å²) in [6, 6.07) is 22.5. The van der Waals surface area contributed by atoms with Gasteiger partial charge in [0.15, 0.2) is 0 Å². The number of benzene rings is 3. The Balaban J connectivity index is 2.11. The molecule has 3 nitrogen and oxygen atoms in total. The van der Waals surface area contributed by atoms with Crippen molar-refractivity contribution in [2.24, 2.45) is 0 Å². The van der Waals surface area contributed by atoms with E-state index in [-0.39, 0.29) is 0 Å². The van der Waals surface area contributed by atoms with Gasteiger partial charge in [-0.1, -0.05) is 60.2 Å². The smallest absolute Gasteiger partial charge is 0.264 e. The first-order valence-corrected chi connectivity index (χ1v) is 9.56. The van der Waals surface area contributed by atoms with Crippen molar-refractivity contribution in [1.82, 2.24) is 0 Å². The van der Waals surface area contributed by atoms with E-state index in [0.29, 0.717) is 10.6 Å². The summed E-state index contributed by atoms with van der Waals surface area (Å²) in [6.45, 7) is 3.97. The summed E-state index contributed by atoms with van der Waals surface area (Å²) in [6.07, 6.45) is 0. The lowest BCUT2D eigenvalue weighted by atomic mass is 9.99. The van der Waals surface area contributed by atoms with Gasteiger partial charge in [-0.3, -0.25) is 4.31 Å². The lowest BCUT2D eigenvalue weighted by Gasteiger charge is -2.23. The van der Waals surface area contributed by atoms with Crippen LogP contribution in [-0.2, 0) is 10.0 Å². The minimum atomic E-state index is -3.62. The fraction of sp³-hybridized carbons (Fsp3) is 0.143. The van der Waals surface area contributed by atoms with Crippen LogP contribution in [0.5, 0.6) is 0 Å². The minimum absolute atomic E-state index is 0.292. The highest BCUT2D eigenvalue weighted by Gasteiger charge is 2.23. The van der Waals surface area contributed by atoms with Gasteiger partial charge >= 0.3 is 0 Å². The van der Waals surface area contributed by atoms with Crippen molar-refractivity contribution in [3.05, 3.63) is 83.9 Å². The van der Waals surface area contributed by atoms with Crippen molar-refractivity contribution in [2.45, 2.75) is 18.7 Å². The zero-order chi connectivity index (χ0) is 18.0. The highest BCUT2D eigenvalue weighted by Crippen LogP contribution is 2.34. The fourth-order valence-corrected chi connectivity index (χ4v) is 4.06. The molecule has 0 atom stereocenters. The molecule has 0 fully saturated rings. The van der Waals surface area contributed by atoms with Crippen molar-refractivity contribution in [1.29, 1.82) is 0 Å². The second kappa shape index (κ2) is 6.73. The Morgan fingerprint density at radius 3 is 1.92 bits per heavy atom. The number of nitrogens with zero attached hydrogens (tertiary/aromatic N) is 1. The third kappa shape index (κ3) is 3.30. The molecule has 3 aromatic carbocycles. The Kier molecular flexibility index (Phi) is 4.64. The Hall–Kier alpha value is -2.59. The molecule has 0 spiro atoms. The van der Waals surface area contributed by atoms with Crippen LogP contribution < -0.4 is 4.31 Å². The molecule has 0 aliphatic rings. The molecule has 0 aromatic heterocycles. The minimum Gasteiger partial charge on any atom is -0.269 e. The first-order valence-electron chi connectivity index (χ1n) is 8.12. The summed E-state index contributed by atoms with van der Waals surface area (Å²) in [5.41, 5.74) is 4.73. The molecule has 0 radical (unpaired) electrons. The van der Waals surface area contributed by atoms with Crippen molar-refractivity contribution in [3.63, 3.8) is 0 Å². The van der Waals surface area contributed by atoms with Gasteiger partial charge in [0, 0.05) is 12.6 Å².